The average molecular weight is 484 g/mol. The number of hydrogen-bond donors (Lipinski definition) is 0. The summed E-state index contributed by atoms with van der Waals surface area (Å²) in [6.45, 7) is 3.79. The molecule has 1 aromatic carbocycles. The summed E-state index contributed by atoms with van der Waals surface area (Å²) in [4.78, 5) is 22.6. The first kappa shape index (κ1) is 23.8. The van der Waals surface area contributed by atoms with Crippen molar-refractivity contribution in [1.82, 2.24) is 25.1 Å². The molecule has 2 aromatic heterocycles. The molecule has 34 heavy (non-hydrogen) atoms. The molecule has 0 unspecified atom stereocenters. The van der Waals surface area contributed by atoms with E-state index in [0.717, 1.165) is 11.3 Å². The number of hydrogen-bond acceptors (Lipinski definition) is 8. The molecule has 1 aliphatic heterocycles. The first-order valence-corrected chi connectivity index (χ1v) is 11.5. The van der Waals surface area contributed by atoms with E-state index in [1.54, 1.807) is 23.4 Å². The molecular formula is C24H26ClN5O4. The average Bonchev–Trinajstić information content (AvgIpc) is 2.86. The van der Waals surface area contributed by atoms with Crippen molar-refractivity contribution in [2.24, 2.45) is 0 Å². The number of halogens is 1. The largest absolute Gasteiger partial charge is 0.494 e. The zero-order valence-electron chi connectivity index (χ0n) is 19.1. The molecular weight excluding hydrogens is 458 g/mol. The van der Waals surface area contributed by atoms with E-state index in [-0.39, 0.29) is 24.6 Å². The van der Waals surface area contributed by atoms with Gasteiger partial charge in [-0.3, -0.25) is 9.78 Å². The molecule has 0 radical (unpaired) electrons. The van der Waals surface area contributed by atoms with Gasteiger partial charge in [-0.2, -0.15) is 4.98 Å². The van der Waals surface area contributed by atoms with Crippen LogP contribution < -0.4 is 9.47 Å². The van der Waals surface area contributed by atoms with Crippen LogP contribution in [-0.4, -0.2) is 70.5 Å². The highest BCUT2D eigenvalue weighted by molar-refractivity contribution is 6.33. The third kappa shape index (κ3) is 5.60. The van der Waals surface area contributed by atoms with Crippen LogP contribution in [0.25, 0.3) is 22.5 Å². The summed E-state index contributed by atoms with van der Waals surface area (Å²) in [6, 6.07) is 9.52. The fraction of sp³-hybridized carbons (Fsp3) is 0.375. The predicted molar refractivity (Wildman–Crippen MR) is 127 cm³/mol. The molecule has 0 N–H and O–H groups in total. The fourth-order valence-corrected chi connectivity index (χ4v) is 3.98. The Balaban J connectivity index is 1.58. The SMILES string of the molecule is CCOc1ccc(-c2nnc(OC3CCN(C(=O)COC)CC3)nc2-c2ccncc2Cl)cc1. The van der Waals surface area contributed by atoms with Crippen LogP contribution in [0.1, 0.15) is 19.8 Å². The number of rotatable bonds is 8. The zero-order chi connectivity index (χ0) is 23.9. The number of likely N-dealkylation sites (tertiary alicyclic amines) is 1. The molecule has 1 fully saturated rings. The number of nitrogens with zero attached hydrogens (tertiary/aromatic N) is 5. The number of amides is 1. The molecule has 178 valence electrons. The molecule has 0 aliphatic carbocycles. The smallest absolute Gasteiger partial charge is 0.336 e. The van der Waals surface area contributed by atoms with Crippen molar-refractivity contribution in [2.75, 3.05) is 33.4 Å². The highest BCUT2D eigenvalue weighted by atomic mass is 35.5. The van der Waals surface area contributed by atoms with Gasteiger partial charge in [-0.15, -0.1) is 5.10 Å². The lowest BCUT2D eigenvalue weighted by atomic mass is 10.1. The second kappa shape index (κ2) is 11.2. The second-order valence-corrected chi connectivity index (χ2v) is 8.14. The van der Waals surface area contributed by atoms with E-state index in [2.05, 4.69) is 20.2 Å². The highest BCUT2D eigenvalue weighted by Gasteiger charge is 2.25. The highest BCUT2D eigenvalue weighted by Crippen LogP contribution is 2.34. The number of benzene rings is 1. The third-order valence-corrected chi connectivity index (χ3v) is 5.77. The van der Waals surface area contributed by atoms with E-state index < -0.39 is 0 Å². The van der Waals surface area contributed by atoms with Crippen molar-refractivity contribution in [3.63, 3.8) is 0 Å². The van der Waals surface area contributed by atoms with E-state index in [1.165, 1.54) is 7.11 Å². The van der Waals surface area contributed by atoms with E-state index in [9.17, 15) is 4.79 Å². The Hall–Kier alpha value is -3.30. The second-order valence-electron chi connectivity index (χ2n) is 7.74. The van der Waals surface area contributed by atoms with E-state index in [0.29, 0.717) is 54.5 Å². The van der Waals surface area contributed by atoms with Crippen LogP contribution >= 0.6 is 11.6 Å². The minimum absolute atomic E-state index is 0.0202. The topological polar surface area (TPSA) is 99.6 Å². The van der Waals surface area contributed by atoms with Gasteiger partial charge in [-0.05, 0) is 37.3 Å². The number of carbonyl (C=O) groups excluding carboxylic acids is 1. The summed E-state index contributed by atoms with van der Waals surface area (Å²) in [6.07, 6.45) is 4.44. The van der Waals surface area contributed by atoms with Crippen LogP contribution in [0.4, 0.5) is 0 Å². The Morgan fingerprint density at radius 1 is 1.12 bits per heavy atom. The number of carbonyl (C=O) groups is 1. The van der Waals surface area contributed by atoms with Crippen LogP contribution in [0.5, 0.6) is 11.8 Å². The van der Waals surface area contributed by atoms with Crippen molar-refractivity contribution in [1.29, 1.82) is 0 Å². The van der Waals surface area contributed by atoms with Gasteiger partial charge < -0.3 is 19.1 Å². The Morgan fingerprint density at radius 3 is 2.56 bits per heavy atom. The van der Waals surface area contributed by atoms with Crippen LogP contribution in [0.15, 0.2) is 42.7 Å². The lowest BCUT2D eigenvalue weighted by molar-refractivity contribution is -0.136. The summed E-state index contributed by atoms with van der Waals surface area (Å²) in [5.41, 5.74) is 2.63. The zero-order valence-corrected chi connectivity index (χ0v) is 19.9. The Morgan fingerprint density at radius 2 is 1.88 bits per heavy atom. The van der Waals surface area contributed by atoms with Gasteiger partial charge in [0.1, 0.15) is 29.8 Å². The van der Waals surface area contributed by atoms with Crippen molar-refractivity contribution in [2.45, 2.75) is 25.9 Å². The van der Waals surface area contributed by atoms with Gasteiger partial charge in [0, 0.05) is 56.6 Å². The van der Waals surface area contributed by atoms with E-state index >= 15 is 0 Å². The van der Waals surface area contributed by atoms with Gasteiger partial charge in [-0.25, -0.2) is 0 Å². The molecule has 0 bridgehead atoms. The third-order valence-electron chi connectivity index (χ3n) is 5.47. The maximum Gasteiger partial charge on any atom is 0.336 e. The van der Waals surface area contributed by atoms with Crippen LogP contribution in [0.3, 0.4) is 0 Å². The van der Waals surface area contributed by atoms with Crippen molar-refractivity contribution >= 4 is 17.5 Å². The Kier molecular flexibility index (Phi) is 7.87. The van der Waals surface area contributed by atoms with Crippen molar-refractivity contribution in [3.8, 4) is 34.3 Å². The fourth-order valence-electron chi connectivity index (χ4n) is 3.77. The molecule has 3 heterocycles. The van der Waals surface area contributed by atoms with Gasteiger partial charge in [0.05, 0.1) is 11.6 Å². The van der Waals surface area contributed by atoms with Gasteiger partial charge in [0.25, 0.3) is 0 Å². The Bertz CT molecular complexity index is 1120. The van der Waals surface area contributed by atoms with Gasteiger partial charge in [-0.1, -0.05) is 16.7 Å². The molecule has 4 rings (SSSR count). The van der Waals surface area contributed by atoms with Gasteiger partial charge in [0.2, 0.25) is 5.91 Å². The lowest BCUT2D eigenvalue weighted by Gasteiger charge is -2.31. The maximum absolute atomic E-state index is 12.0. The molecule has 0 spiro atoms. The van der Waals surface area contributed by atoms with Gasteiger partial charge >= 0.3 is 6.01 Å². The molecule has 10 heteroatoms. The summed E-state index contributed by atoms with van der Waals surface area (Å²) < 4.78 is 16.5. The molecule has 9 nitrogen and oxygen atoms in total. The summed E-state index contributed by atoms with van der Waals surface area (Å²) in [5.74, 6) is 0.749. The number of ether oxygens (including phenoxy) is 3. The molecule has 1 aliphatic rings. The number of aromatic nitrogens is 4. The first-order chi connectivity index (χ1) is 16.6. The lowest BCUT2D eigenvalue weighted by Crippen LogP contribution is -2.43. The summed E-state index contributed by atoms with van der Waals surface area (Å²) in [7, 11) is 1.52. The molecule has 0 atom stereocenters. The quantitative estimate of drug-likeness (QED) is 0.478. The standard InChI is InChI=1S/C24H26ClN5O4/c1-3-33-17-6-4-16(5-7-17)22-23(19-8-11-26-14-20(19)25)27-24(29-28-22)34-18-9-12-30(13-10-18)21(31)15-32-2/h4-8,11,14,18H,3,9-10,12-13,15H2,1-2H3. The number of piperidine rings is 1. The monoisotopic (exact) mass is 483 g/mol. The van der Waals surface area contributed by atoms with Crippen LogP contribution in [0.2, 0.25) is 5.02 Å². The normalized spacial score (nSPS) is 14.1. The summed E-state index contributed by atoms with van der Waals surface area (Å²) >= 11 is 6.44. The maximum atomic E-state index is 12.0. The predicted octanol–water partition coefficient (Wildman–Crippen LogP) is 3.67. The molecule has 3 aromatic rings. The van der Waals surface area contributed by atoms with E-state index in [1.807, 2.05) is 31.2 Å². The number of pyridine rings is 1. The summed E-state index contributed by atoms with van der Waals surface area (Å²) in [5, 5.41) is 9.12. The van der Waals surface area contributed by atoms with E-state index in [4.69, 9.17) is 25.8 Å². The van der Waals surface area contributed by atoms with Crippen LogP contribution in [-0.2, 0) is 9.53 Å². The molecule has 1 amide bonds. The molecule has 0 saturated carbocycles. The van der Waals surface area contributed by atoms with Gasteiger partial charge in [0.15, 0.2) is 0 Å². The minimum Gasteiger partial charge on any atom is -0.494 e. The first-order valence-electron chi connectivity index (χ1n) is 11.1. The number of methoxy groups -OCH3 is 1. The van der Waals surface area contributed by atoms with Crippen molar-refractivity contribution < 1.29 is 19.0 Å². The molecule has 1 saturated heterocycles. The Labute approximate surface area is 203 Å². The minimum atomic E-state index is -0.120. The van der Waals surface area contributed by atoms with Crippen LogP contribution in [0, 0.1) is 0 Å². The van der Waals surface area contributed by atoms with Crippen molar-refractivity contribution in [3.05, 3.63) is 47.7 Å².